The lowest BCUT2D eigenvalue weighted by atomic mass is 10.0. The maximum absolute atomic E-state index is 12.7. The van der Waals surface area contributed by atoms with Gasteiger partial charge in [-0.05, 0) is 18.9 Å². The summed E-state index contributed by atoms with van der Waals surface area (Å²) in [6.45, 7) is 3.99. The molecule has 2 aliphatic rings. The molecule has 0 aliphatic carbocycles. The number of hydrogen-bond donors (Lipinski definition) is 0. The second-order valence-electron chi connectivity index (χ2n) is 6.36. The molecule has 2 atom stereocenters. The minimum atomic E-state index is 0.101. The molecule has 2 fully saturated rings. The Balaban J connectivity index is 1.49. The van der Waals surface area contributed by atoms with Crippen LogP contribution in [0.15, 0.2) is 35.7 Å². The molecule has 114 valence electrons. The van der Waals surface area contributed by atoms with Crippen molar-refractivity contribution in [3.63, 3.8) is 0 Å². The van der Waals surface area contributed by atoms with E-state index in [9.17, 15) is 4.79 Å². The van der Waals surface area contributed by atoms with Crippen molar-refractivity contribution < 1.29 is 4.79 Å². The lowest BCUT2D eigenvalue weighted by Crippen LogP contribution is -2.32. The molecule has 1 amide bonds. The number of nitrogens with zero attached hydrogens (tertiary/aromatic N) is 3. The predicted octanol–water partition coefficient (Wildman–Crippen LogP) is 2.44. The molecule has 0 bridgehead atoms. The average Bonchev–Trinajstić information content (AvgIpc) is 3.21. The Morgan fingerprint density at radius 3 is 2.50 bits per heavy atom. The lowest BCUT2D eigenvalue weighted by Gasteiger charge is -2.18. The van der Waals surface area contributed by atoms with Gasteiger partial charge in [-0.1, -0.05) is 30.3 Å². The summed E-state index contributed by atoms with van der Waals surface area (Å²) in [6, 6.07) is 10.0. The van der Waals surface area contributed by atoms with Crippen molar-refractivity contribution in [2.24, 2.45) is 11.8 Å². The fourth-order valence-corrected chi connectivity index (χ4v) is 4.44. The lowest BCUT2D eigenvalue weighted by molar-refractivity contribution is 0.0775. The summed E-state index contributed by atoms with van der Waals surface area (Å²) in [7, 11) is 2.16. The van der Waals surface area contributed by atoms with Gasteiger partial charge in [0, 0.05) is 37.1 Å². The molecule has 4 nitrogen and oxygen atoms in total. The monoisotopic (exact) mass is 313 g/mol. The number of carbonyl (C=O) groups excluding carboxylic acids is 1. The van der Waals surface area contributed by atoms with Crippen LogP contribution in [0.1, 0.15) is 9.80 Å². The minimum absolute atomic E-state index is 0.101. The Bertz CT molecular complexity index is 670. The van der Waals surface area contributed by atoms with Crippen LogP contribution in [0.25, 0.3) is 11.3 Å². The van der Waals surface area contributed by atoms with Gasteiger partial charge in [-0.15, -0.1) is 11.3 Å². The number of fused-ring (bicyclic) bond motifs is 1. The van der Waals surface area contributed by atoms with Crippen molar-refractivity contribution in [3.8, 4) is 11.3 Å². The summed E-state index contributed by atoms with van der Waals surface area (Å²) in [5.74, 6) is 1.38. The molecule has 5 heteroatoms. The van der Waals surface area contributed by atoms with Gasteiger partial charge in [0.05, 0.1) is 5.69 Å². The number of aromatic nitrogens is 1. The third kappa shape index (κ3) is 2.44. The van der Waals surface area contributed by atoms with E-state index in [0.717, 1.165) is 37.4 Å². The van der Waals surface area contributed by atoms with E-state index < -0.39 is 0 Å². The molecular formula is C17H19N3OS. The summed E-state index contributed by atoms with van der Waals surface area (Å²) in [5.41, 5.74) is 1.96. The molecule has 2 aromatic rings. The summed E-state index contributed by atoms with van der Waals surface area (Å²) < 4.78 is 0. The van der Waals surface area contributed by atoms with Gasteiger partial charge in [-0.25, -0.2) is 4.98 Å². The highest BCUT2D eigenvalue weighted by Crippen LogP contribution is 2.31. The Labute approximate surface area is 134 Å². The van der Waals surface area contributed by atoms with Gasteiger partial charge in [0.25, 0.3) is 5.91 Å². The Hall–Kier alpha value is -1.72. The topological polar surface area (TPSA) is 36.4 Å². The second-order valence-corrected chi connectivity index (χ2v) is 7.21. The first-order valence-electron chi connectivity index (χ1n) is 7.69. The molecule has 2 saturated heterocycles. The minimum Gasteiger partial charge on any atom is -0.336 e. The van der Waals surface area contributed by atoms with Gasteiger partial charge in [-0.2, -0.15) is 0 Å². The van der Waals surface area contributed by atoms with Crippen LogP contribution in [-0.4, -0.2) is 53.9 Å². The zero-order chi connectivity index (χ0) is 15.1. The smallest absolute Gasteiger partial charge is 0.282 e. The van der Waals surface area contributed by atoms with Crippen LogP contribution in [0.5, 0.6) is 0 Å². The molecule has 4 rings (SSSR count). The van der Waals surface area contributed by atoms with E-state index in [1.54, 1.807) is 0 Å². The normalized spacial score (nSPS) is 24.7. The molecule has 0 radical (unpaired) electrons. The maximum atomic E-state index is 12.7. The molecule has 22 heavy (non-hydrogen) atoms. The van der Waals surface area contributed by atoms with Crippen molar-refractivity contribution in [2.45, 2.75) is 0 Å². The first kappa shape index (κ1) is 13.9. The van der Waals surface area contributed by atoms with Gasteiger partial charge in [0.2, 0.25) is 0 Å². The van der Waals surface area contributed by atoms with Crippen LogP contribution in [-0.2, 0) is 0 Å². The predicted molar refractivity (Wildman–Crippen MR) is 87.9 cm³/mol. The number of amides is 1. The first-order valence-corrected chi connectivity index (χ1v) is 8.57. The van der Waals surface area contributed by atoms with Gasteiger partial charge in [0.1, 0.15) is 0 Å². The molecule has 0 saturated carbocycles. The Morgan fingerprint density at radius 1 is 1.14 bits per heavy atom. The van der Waals surface area contributed by atoms with Crippen LogP contribution >= 0.6 is 11.3 Å². The summed E-state index contributed by atoms with van der Waals surface area (Å²) >= 11 is 1.46. The van der Waals surface area contributed by atoms with Crippen LogP contribution < -0.4 is 0 Å². The Kier molecular flexibility index (Phi) is 3.47. The highest BCUT2D eigenvalue weighted by molar-refractivity contribution is 7.12. The zero-order valence-electron chi connectivity index (χ0n) is 12.6. The van der Waals surface area contributed by atoms with Gasteiger partial charge in [0.15, 0.2) is 5.01 Å². The van der Waals surface area contributed by atoms with E-state index in [4.69, 9.17) is 0 Å². The summed E-state index contributed by atoms with van der Waals surface area (Å²) in [6.07, 6.45) is 0. The zero-order valence-corrected chi connectivity index (χ0v) is 13.4. The molecule has 0 unspecified atom stereocenters. The highest BCUT2D eigenvalue weighted by Gasteiger charge is 2.40. The molecular weight excluding hydrogens is 294 g/mol. The number of likely N-dealkylation sites (tertiary alicyclic amines) is 2. The van der Waals surface area contributed by atoms with Crippen molar-refractivity contribution in [3.05, 3.63) is 40.7 Å². The van der Waals surface area contributed by atoms with Crippen LogP contribution in [0, 0.1) is 11.8 Å². The van der Waals surface area contributed by atoms with E-state index in [1.807, 2.05) is 40.6 Å². The molecule has 1 aromatic heterocycles. The fraction of sp³-hybridized carbons (Fsp3) is 0.412. The third-order valence-corrected chi connectivity index (χ3v) is 5.54. The maximum Gasteiger partial charge on any atom is 0.282 e. The molecule has 2 aliphatic heterocycles. The molecule has 1 aromatic carbocycles. The Morgan fingerprint density at radius 2 is 1.82 bits per heavy atom. The van der Waals surface area contributed by atoms with Crippen LogP contribution in [0.2, 0.25) is 0 Å². The number of thiazole rings is 1. The second kappa shape index (κ2) is 5.48. The SMILES string of the molecule is CN1C[C@@H]2CN(C(=O)c3nc(-c4ccccc4)cs3)C[C@@H]2C1. The molecule has 0 spiro atoms. The van der Waals surface area contributed by atoms with E-state index in [2.05, 4.69) is 16.9 Å². The van der Waals surface area contributed by atoms with Crippen molar-refractivity contribution in [1.82, 2.24) is 14.8 Å². The van der Waals surface area contributed by atoms with Crippen LogP contribution in [0.3, 0.4) is 0 Å². The van der Waals surface area contributed by atoms with E-state index in [0.29, 0.717) is 16.8 Å². The van der Waals surface area contributed by atoms with E-state index in [-0.39, 0.29) is 5.91 Å². The summed E-state index contributed by atoms with van der Waals surface area (Å²) in [4.78, 5) is 21.6. The number of rotatable bonds is 2. The quantitative estimate of drug-likeness (QED) is 0.854. The van der Waals surface area contributed by atoms with Gasteiger partial charge >= 0.3 is 0 Å². The third-order valence-electron chi connectivity index (χ3n) is 4.71. The highest BCUT2D eigenvalue weighted by atomic mass is 32.1. The first-order chi connectivity index (χ1) is 10.7. The average molecular weight is 313 g/mol. The van der Waals surface area contributed by atoms with Crippen molar-refractivity contribution >= 4 is 17.2 Å². The fourth-order valence-electron chi connectivity index (χ4n) is 3.64. The molecule has 3 heterocycles. The van der Waals surface area contributed by atoms with Crippen molar-refractivity contribution in [2.75, 3.05) is 33.2 Å². The number of benzene rings is 1. The van der Waals surface area contributed by atoms with Crippen molar-refractivity contribution in [1.29, 1.82) is 0 Å². The van der Waals surface area contributed by atoms with E-state index in [1.165, 1.54) is 11.3 Å². The standard InChI is InChI=1S/C17H19N3OS/c1-19-7-13-9-20(10-14(13)8-19)17(21)16-18-15(11-22-16)12-5-3-2-4-6-12/h2-6,11,13-14H,7-10H2,1H3/t13-,14+. The van der Waals surface area contributed by atoms with E-state index >= 15 is 0 Å². The number of hydrogen-bond acceptors (Lipinski definition) is 4. The largest absolute Gasteiger partial charge is 0.336 e. The summed E-state index contributed by atoms with van der Waals surface area (Å²) in [5, 5.41) is 2.60. The number of carbonyl (C=O) groups is 1. The van der Waals surface area contributed by atoms with Crippen LogP contribution in [0.4, 0.5) is 0 Å². The molecule has 0 N–H and O–H groups in total. The van der Waals surface area contributed by atoms with Gasteiger partial charge < -0.3 is 9.80 Å². The van der Waals surface area contributed by atoms with Gasteiger partial charge in [-0.3, -0.25) is 4.79 Å².